The monoisotopic (exact) mass is 551 g/mol. The lowest BCUT2D eigenvalue weighted by molar-refractivity contribution is -0.0577. The molecule has 1 spiro atoms. The van der Waals surface area contributed by atoms with E-state index in [1.807, 2.05) is 0 Å². The molecule has 0 radical (unpaired) electrons. The molecule has 1 aliphatic heterocycles. The van der Waals surface area contributed by atoms with Gasteiger partial charge in [0.1, 0.15) is 6.10 Å². The SMILES string of the molecule is CC(C)c1ccc(C2OC3(CCCC3)c3c4c(nc(C(C)C)c32)CC(C)(C)CC4OS(C)(C)C(C)(C)C)cc1. The van der Waals surface area contributed by atoms with E-state index in [9.17, 15) is 0 Å². The van der Waals surface area contributed by atoms with Crippen LogP contribution in [0.5, 0.6) is 0 Å². The van der Waals surface area contributed by atoms with E-state index in [1.54, 1.807) is 0 Å². The van der Waals surface area contributed by atoms with Gasteiger partial charge in [-0.15, -0.1) is 10.3 Å². The van der Waals surface area contributed by atoms with Gasteiger partial charge in [0.25, 0.3) is 0 Å². The van der Waals surface area contributed by atoms with Crippen LogP contribution >= 0.6 is 10.3 Å². The maximum Gasteiger partial charge on any atom is 0.111 e. The summed E-state index contributed by atoms with van der Waals surface area (Å²) in [5, 5.41) is 0. The van der Waals surface area contributed by atoms with Crippen LogP contribution in [0.4, 0.5) is 0 Å². The molecule has 4 heteroatoms. The number of rotatable bonds is 5. The highest BCUT2D eigenvalue weighted by atomic mass is 32.3. The van der Waals surface area contributed by atoms with E-state index in [0.29, 0.717) is 11.8 Å². The zero-order chi connectivity index (χ0) is 28.5. The summed E-state index contributed by atoms with van der Waals surface area (Å²) in [5.74, 6) is 0.856. The highest BCUT2D eigenvalue weighted by Crippen LogP contribution is 2.63. The van der Waals surface area contributed by atoms with Crippen LogP contribution in [0.15, 0.2) is 24.3 Å². The van der Waals surface area contributed by atoms with Gasteiger partial charge in [0.2, 0.25) is 0 Å². The molecule has 0 N–H and O–H groups in total. The second-order valence-corrected chi connectivity index (χ2v) is 19.2. The Morgan fingerprint density at radius 1 is 0.949 bits per heavy atom. The summed E-state index contributed by atoms with van der Waals surface area (Å²) in [6, 6.07) is 9.22. The molecule has 3 aliphatic rings. The van der Waals surface area contributed by atoms with Crippen molar-refractivity contribution in [1.82, 2.24) is 4.98 Å². The van der Waals surface area contributed by atoms with E-state index in [2.05, 4.69) is 99.1 Å². The molecule has 39 heavy (non-hydrogen) atoms. The predicted octanol–water partition coefficient (Wildman–Crippen LogP) is 10.0. The van der Waals surface area contributed by atoms with Crippen LogP contribution in [0.2, 0.25) is 0 Å². The summed E-state index contributed by atoms with van der Waals surface area (Å²) in [6.45, 7) is 20.9. The summed E-state index contributed by atoms with van der Waals surface area (Å²) in [4.78, 5) is 5.55. The number of benzene rings is 1. The summed E-state index contributed by atoms with van der Waals surface area (Å²) in [6.07, 6.45) is 11.4. The molecule has 2 aromatic rings. The molecule has 1 aromatic heterocycles. The number of pyridine rings is 1. The lowest BCUT2D eigenvalue weighted by Gasteiger charge is -2.49. The fourth-order valence-corrected chi connectivity index (χ4v) is 7.99. The predicted molar refractivity (Wildman–Crippen MR) is 167 cm³/mol. The molecule has 2 atom stereocenters. The quantitative estimate of drug-likeness (QED) is 0.370. The van der Waals surface area contributed by atoms with Crippen molar-refractivity contribution in [2.24, 2.45) is 5.41 Å². The molecule has 0 amide bonds. The van der Waals surface area contributed by atoms with Gasteiger partial charge in [-0.3, -0.25) is 4.98 Å². The van der Waals surface area contributed by atoms with Crippen molar-refractivity contribution in [3.63, 3.8) is 0 Å². The van der Waals surface area contributed by atoms with Crippen LogP contribution < -0.4 is 0 Å². The average molecular weight is 552 g/mol. The Morgan fingerprint density at radius 3 is 2.10 bits per heavy atom. The molecule has 2 aliphatic carbocycles. The maximum absolute atomic E-state index is 7.33. The van der Waals surface area contributed by atoms with Crippen LogP contribution in [0, 0.1) is 5.41 Å². The first-order valence-electron chi connectivity index (χ1n) is 15.3. The second kappa shape index (κ2) is 9.88. The summed E-state index contributed by atoms with van der Waals surface area (Å²) in [5.41, 5.74) is 9.30. The number of hydrogen-bond acceptors (Lipinski definition) is 3. The summed E-state index contributed by atoms with van der Waals surface area (Å²) < 4.78 is 14.7. The van der Waals surface area contributed by atoms with Crippen molar-refractivity contribution in [3.8, 4) is 0 Å². The lowest BCUT2D eigenvalue weighted by atomic mass is 9.70. The van der Waals surface area contributed by atoms with Crippen molar-refractivity contribution in [3.05, 3.63) is 63.5 Å². The van der Waals surface area contributed by atoms with Crippen molar-refractivity contribution in [2.45, 2.75) is 135 Å². The highest BCUT2D eigenvalue weighted by Gasteiger charge is 2.53. The maximum atomic E-state index is 7.33. The van der Waals surface area contributed by atoms with E-state index >= 15 is 0 Å². The number of ether oxygens (including phenoxy) is 1. The van der Waals surface area contributed by atoms with Gasteiger partial charge in [-0.1, -0.05) is 99.4 Å². The molecule has 2 heterocycles. The number of hydrogen-bond donors (Lipinski definition) is 0. The normalized spacial score (nSPS) is 24.4. The molecule has 3 nitrogen and oxygen atoms in total. The molecule has 1 aromatic carbocycles. The molecular formula is C35H53NO2S. The molecule has 0 saturated heterocycles. The van der Waals surface area contributed by atoms with Crippen molar-refractivity contribution in [1.29, 1.82) is 0 Å². The topological polar surface area (TPSA) is 31.4 Å². The first kappa shape index (κ1) is 29.1. The van der Waals surface area contributed by atoms with Crippen LogP contribution in [-0.2, 0) is 20.9 Å². The van der Waals surface area contributed by atoms with Crippen molar-refractivity contribution < 1.29 is 8.92 Å². The minimum absolute atomic E-state index is 0.0542. The van der Waals surface area contributed by atoms with Gasteiger partial charge in [-0.25, -0.2) is 0 Å². The van der Waals surface area contributed by atoms with Crippen molar-refractivity contribution in [2.75, 3.05) is 12.5 Å². The van der Waals surface area contributed by atoms with E-state index in [4.69, 9.17) is 13.9 Å². The fourth-order valence-electron chi connectivity index (χ4n) is 6.96. The molecule has 2 unspecified atom stereocenters. The molecule has 216 valence electrons. The zero-order valence-corrected chi connectivity index (χ0v) is 27.3. The standard InChI is InChI=1S/C35H53NO2S/c1-22(2)24-14-16-25(17-15-24)32-29-30(35(37-32)18-12-13-19-35)28-26(36-31(29)23(3)4)20-34(8,9)21-27(28)38-39(10,11)33(5,6)7/h14-17,22-23,27,32H,12-13,18-21H2,1-11H3. The molecule has 0 bridgehead atoms. The van der Waals surface area contributed by atoms with Crippen LogP contribution in [0.3, 0.4) is 0 Å². The van der Waals surface area contributed by atoms with Crippen molar-refractivity contribution >= 4 is 10.3 Å². The Kier molecular flexibility index (Phi) is 7.38. The van der Waals surface area contributed by atoms with E-state index in [-0.39, 0.29) is 28.0 Å². The minimum Gasteiger partial charge on any atom is -0.358 e. The van der Waals surface area contributed by atoms with E-state index < -0.39 is 10.3 Å². The van der Waals surface area contributed by atoms with Gasteiger partial charge in [-0.2, -0.15) is 0 Å². The Balaban J connectivity index is 1.75. The van der Waals surface area contributed by atoms with E-state index in [1.165, 1.54) is 52.0 Å². The van der Waals surface area contributed by atoms with Gasteiger partial charge < -0.3 is 8.92 Å². The van der Waals surface area contributed by atoms with Gasteiger partial charge in [-0.05, 0) is 72.1 Å². The van der Waals surface area contributed by atoms with Crippen LogP contribution in [0.1, 0.15) is 158 Å². The van der Waals surface area contributed by atoms with E-state index in [0.717, 1.165) is 25.7 Å². The molecule has 5 rings (SSSR count). The third-order valence-electron chi connectivity index (χ3n) is 9.84. The largest absolute Gasteiger partial charge is 0.358 e. The smallest absolute Gasteiger partial charge is 0.111 e. The molecule has 1 fully saturated rings. The minimum atomic E-state index is -1.32. The van der Waals surface area contributed by atoms with Gasteiger partial charge in [0.15, 0.2) is 0 Å². The number of nitrogens with zero attached hydrogens (tertiary/aromatic N) is 1. The zero-order valence-electron chi connectivity index (χ0n) is 26.5. The van der Waals surface area contributed by atoms with Crippen LogP contribution in [-0.4, -0.2) is 22.2 Å². The fraction of sp³-hybridized carbons (Fsp3) is 0.686. The Labute approximate surface area is 240 Å². The molecule has 1 saturated carbocycles. The Morgan fingerprint density at radius 2 is 1.56 bits per heavy atom. The van der Waals surface area contributed by atoms with Crippen LogP contribution in [0.25, 0.3) is 0 Å². The second-order valence-electron chi connectivity index (χ2n) is 15.3. The Bertz CT molecular complexity index is 1210. The number of aromatic nitrogens is 1. The summed E-state index contributed by atoms with van der Waals surface area (Å²) >= 11 is 0. The Hall–Kier alpha value is -1.36. The third-order valence-corrected chi connectivity index (χ3v) is 13.5. The average Bonchev–Trinajstić information content (AvgIpc) is 3.42. The first-order chi connectivity index (χ1) is 18.1. The summed E-state index contributed by atoms with van der Waals surface area (Å²) in [7, 11) is -1.32. The lowest BCUT2D eigenvalue weighted by Crippen LogP contribution is -2.35. The van der Waals surface area contributed by atoms with Gasteiger partial charge in [0.05, 0.1) is 11.7 Å². The third kappa shape index (κ3) is 5.12. The number of fused-ring (bicyclic) bond motifs is 4. The van der Waals surface area contributed by atoms with Gasteiger partial charge in [0, 0.05) is 27.3 Å². The molecular weight excluding hydrogens is 498 g/mol. The highest BCUT2D eigenvalue weighted by molar-refractivity contribution is 8.29. The van der Waals surface area contributed by atoms with Gasteiger partial charge >= 0.3 is 0 Å². The first-order valence-corrected chi connectivity index (χ1v) is 17.7.